The third-order valence-electron chi connectivity index (χ3n) is 3.86. The number of esters is 1. The maximum Gasteiger partial charge on any atom is 0.334 e. The summed E-state index contributed by atoms with van der Waals surface area (Å²) >= 11 is 0. The Morgan fingerprint density at radius 1 is 1.32 bits per heavy atom. The lowest BCUT2D eigenvalue weighted by Crippen LogP contribution is -2.06. The van der Waals surface area contributed by atoms with Crippen molar-refractivity contribution in [2.45, 2.75) is 38.4 Å². The van der Waals surface area contributed by atoms with Crippen LogP contribution in [0, 0.1) is 5.92 Å². The van der Waals surface area contributed by atoms with Gasteiger partial charge in [-0.05, 0) is 24.8 Å². The molecule has 3 rings (SSSR count). The maximum atomic E-state index is 11.7. The van der Waals surface area contributed by atoms with Crippen LogP contribution in [0.1, 0.15) is 31.2 Å². The van der Waals surface area contributed by atoms with Crippen molar-refractivity contribution < 1.29 is 14.3 Å². The van der Waals surface area contributed by atoms with Gasteiger partial charge in [0.2, 0.25) is 0 Å². The summed E-state index contributed by atoms with van der Waals surface area (Å²) in [6.07, 6.45) is 6.35. The molecule has 1 aromatic carbocycles. The van der Waals surface area contributed by atoms with E-state index in [-0.39, 0.29) is 5.97 Å². The van der Waals surface area contributed by atoms with Crippen LogP contribution in [0.4, 0.5) is 0 Å². The molecule has 1 aromatic rings. The van der Waals surface area contributed by atoms with Crippen LogP contribution in [0.25, 0.3) is 0 Å². The fourth-order valence-corrected chi connectivity index (χ4v) is 2.89. The van der Waals surface area contributed by atoms with Gasteiger partial charge in [-0.15, -0.1) is 0 Å². The third kappa shape index (κ3) is 2.98. The quantitative estimate of drug-likeness (QED) is 0.617. The van der Waals surface area contributed by atoms with Crippen LogP contribution < -0.4 is 0 Å². The Balaban J connectivity index is 1.51. The van der Waals surface area contributed by atoms with Gasteiger partial charge in [0.15, 0.2) is 0 Å². The molecule has 2 aliphatic rings. The van der Waals surface area contributed by atoms with E-state index in [1.54, 1.807) is 0 Å². The molecule has 19 heavy (non-hydrogen) atoms. The number of carbonyl (C=O) groups is 1. The topological polar surface area (TPSA) is 35.5 Å². The van der Waals surface area contributed by atoms with Gasteiger partial charge in [-0.1, -0.05) is 30.3 Å². The highest BCUT2D eigenvalue weighted by Gasteiger charge is 2.36. The van der Waals surface area contributed by atoms with Gasteiger partial charge >= 0.3 is 5.97 Å². The zero-order valence-corrected chi connectivity index (χ0v) is 10.9. The van der Waals surface area contributed by atoms with Crippen LogP contribution in [0.3, 0.4) is 0 Å². The predicted molar refractivity (Wildman–Crippen MR) is 71.2 cm³/mol. The van der Waals surface area contributed by atoms with Crippen molar-refractivity contribution >= 4 is 5.97 Å². The lowest BCUT2D eigenvalue weighted by Gasteiger charge is -2.07. The fourth-order valence-electron chi connectivity index (χ4n) is 2.89. The van der Waals surface area contributed by atoms with Crippen molar-refractivity contribution in [1.29, 1.82) is 0 Å². The molecule has 3 nitrogen and oxygen atoms in total. The number of fused-ring (bicyclic) bond motifs is 1. The van der Waals surface area contributed by atoms with Crippen molar-refractivity contribution in [3.63, 3.8) is 0 Å². The fraction of sp³-hybridized carbons (Fsp3) is 0.438. The second-order valence-electron chi connectivity index (χ2n) is 5.26. The summed E-state index contributed by atoms with van der Waals surface area (Å²) in [7, 11) is 0. The highest BCUT2D eigenvalue weighted by atomic mass is 16.5. The van der Waals surface area contributed by atoms with Crippen LogP contribution in [-0.4, -0.2) is 12.1 Å². The predicted octanol–water partition coefficient (Wildman–Crippen LogP) is 3.20. The smallest absolute Gasteiger partial charge is 0.334 e. The van der Waals surface area contributed by atoms with Crippen LogP contribution in [0.2, 0.25) is 0 Å². The Bertz CT molecular complexity index is 464. The molecule has 100 valence electrons. The highest BCUT2D eigenvalue weighted by Crippen LogP contribution is 2.40. The Hall–Kier alpha value is -1.77. The van der Waals surface area contributed by atoms with E-state index in [9.17, 15) is 4.79 Å². The minimum absolute atomic E-state index is 0.307. The number of rotatable bonds is 3. The number of allylic oxidation sites excluding steroid dienone is 1. The monoisotopic (exact) mass is 258 g/mol. The van der Waals surface area contributed by atoms with E-state index < -0.39 is 0 Å². The number of carbonyl (C=O) groups excluding carboxylic acids is 1. The first-order valence-electron chi connectivity index (χ1n) is 6.89. The van der Waals surface area contributed by atoms with Gasteiger partial charge in [0, 0.05) is 12.3 Å². The molecule has 0 aromatic heterocycles. The Morgan fingerprint density at radius 2 is 2.16 bits per heavy atom. The van der Waals surface area contributed by atoms with E-state index in [4.69, 9.17) is 9.47 Å². The maximum absolute atomic E-state index is 11.7. The van der Waals surface area contributed by atoms with E-state index in [0.717, 1.165) is 24.2 Å². The number of hydrogen-bond acceptors (Lipinski definition) is 3. The summed E-state index contributed by atoms with van der Waals surface area (Å²) in [6, 6.07) is 9.69. The molecule has 3 heteroatoms. The standard InChI is InChI=1S/C16H18O3/c17-16(18-11-12-5-2-1-3-6-12)10-14-9-13-7-4-8-15(13)19-14/h1-3,5-6,10,13,15H,4,7-9,11H2/b14-10+/t13-,15+/m1/s1. The second-order valence-corrected chi connectivity index (χ2v) is 5.26. The van der Waals surface area contributed by atoms with E-state index in [1.165, 1.54) is 18.9 Å². The SMILES string of the molecule is O=C(/C=C1\C[C@H]2CCC[C@@H]2O1)OCc1ccccc1. The van der Waals surface area contributed by atoms with Crippen LogP contribution >= 0.6 is 0 Å². The summed E-state index contributed by atoms with van der Waals surface area (Å²) in [4.78, 5) is 11.7. The number of benzene rings is 1. The Kier molecular flexibility index (Phi) is 3.53. The molecule has 0 amide bonds. The molecule has 1 heterocycles. The molecule has 0 N–H and O–H groups in total. The van der Waals surface area contributed by atoms with Gasteiger partial charge in [0.25, 0.3) is 0 Å². The largest absolute Gasteiger partial charge is 0.494 e. The van der Waals surface area contributed by atoms with Gasteiger partial charge in [-0.2, -0.15) is 0 Å². The molecule has 2 atom stereocenters. The first-order chi connectivity index (χ1) is 9.31. The summed E-state index contributed by atoms with van der Waals surface area (Å²) < 4.78 is 11.0. The minimum atomic E-state index is -0.307. The van der Waals surface area contributed by atoms with Crippen molar-refractivity contribution in [3.8, 4) is 0 Å². The normalized spacial score (nSPS) is 27.1. The number of ether oxygens (including phenoxy) is 2. The highest BCUT2D eigenvalue weighted by molar-refractivity contribution is 5.82. The third-order valence-corrected chi connectivity index (χ3v) is 3.86. The Labute approximate surface area is 113 Å². The molecule has 0 radical (unpaired) electrons. The minimum Gasteiger partial charge on any atom is -0.494 e. The zero-order valence-electron chi connectivity index (χ0n) is 10.9. The zero-order chi connectivity index (χ0) is 13.1. The second kappa shape index (κ2) is 5.47. The van der Waals surface area contributed by atoms with E-state index >= 15 is 0 Å². The average molecular weight is 258 g/mol. The molecule has 0 spiro atoms. The van der Waals surface area contributed by atoms with Crippen molar-refractivity contribution in [2.75, 3.05) is 0 Å². The molecule has 1 saturated heterocycles. The molecule has 0 unspecified atom stereocenters. The van der Waals surface area contributed by atoms with Crippen molar-refractivity contribution in [1.82, 2.24) is 0 Å². The van der Waals surface area contributed by atoms with Gasteiger partial charge in [-0.3, -0.25) is 0 Å². The molecule has 1 aliphatic carbocycles. The lowest BCUT2D eigenvalue weighted by molar-refractivity contribution is -0.139. The summed E-state index contributed by atoms with van der Waals surface area (Å²) in [6.45, 7) is 0.316. The van der Waals surface area contributed by atoms with Crippen LogP contribution in [-0.2, 0) is 20.9 Å². The van der Waals surface area contributed by atoms with E-state index in [2.05, 4.69) is 0 Å². The summed E-state index contributed by atoms with van der Waals surface area (Å²) in [5, 5.41) is 0. The van der Waals surface area contributed by atoms with E-state index in [0.29, 0.717) is 18.6 Å². The van der Waals surface area contributed by atoms with Crippen molar-refractivity contribution in [3.05, 3.63) is 47.7 Å². The van der Waals surface area contributed by atoms with Gasteiger partial charge in [-0.25, -0.2) is 4.79 Å². The molecule has 2 fully saturated rings. The molecule has 0 bridgehead atoms. The van der Waals surface area contributed by atoms with Crippen molar-refractivity contribution in [2.24, 2.45) is 5.92 Å². The molecular formula is C16H18O3. The summed E-state index contributed by atoms with van der Waals surface area (Å²) in [5.74, 6) is 1.11. The molecule has 1 saturated carbocycles. The van der Waals surface area contributed by atoms with Gasteiger partial charge in [0.05, 0.1) is 6.08 Å². The van der Waals surface area contributed by atoms with Gasteiger partial charge in [0.1, 0.15) is 18.5 Å². The first kappa shape index (κ1) is 12.3. The Morgan fingerprint density at radius 3 is 2.95 bits per heavy atom. The van der Waals surface area contributed by atoms with Crippen LogP contribution in [0.5, 0.6) is 0 Å². The first-order valence-corrected chi connectivity index (χ1v) is 6.89. The molecule has 1 aliphatic heterocycles. The van der Waals surface area contributed by atoms with Crippen LogP contribution in [0.15, 0.2) is 42.2 Å². The number of hydrogen-bond donors (Lipinski definition) is 0. The average Bonchev–Trinajstić information content (AvgIpc) is 2.98. The molecular weight excluding hydrogens is 240 g/mol. The van der Waals surface area contributed by atoms with Gasteiger partial charge < -0.3 is 9.47 Å². The summed E-state index contributed by atoms with van der Waals surface area (Å²) in [5.41, 5.74) is 0.999. The lowest BCUT2D eigenvalue weighted by atomic mass is 10.0. The van der Waals surface area contributed by atoms with E-state index in [1.807, 2.05) is 30.3 Å².